The van der Waals surface area contributed by atoms with Crippen molar-refractivity contribution in [3.63, 3.8) is 0 Å². The summed E-state index contributed by atoms with van der Waals surface area (Å²) in [6.07, 6.45) is 0. The second-order valence-corrected chi connectivity index (χ2v) is 3.60. The van der Waals surface area contributed by atoms with Crippen LogP contribution in [0.4, 0.5) is 11.6 Å². The van der Waals surface area contributed by atoms with Crippen LogP contribution in [-0.4, -0.2) is 15.0 Å². The van der Waals surface area contributed by atoms with Crippen LogP contribution in [0.15, 0.2) is 0 Å². The van der Waals surface area contributed by atoms with Gasteiger partial charge in [0.05, 0.1) is 0 Å². The van der Waals surface area contributed by atoms with E-state index in [1.165, 1.54) is 0 Å². The highest BCUT2D eigenvalue weighted by molar-refractivity contribution is 7.15. The SMILES string of the molecule is N#Cc1nc2c(N)nc(=N)sc2nc1N. The lowest BCUT2D eigenvalue weighted by Gasteiger charge is -2.00. The topological polar surface area (TPSA) is 138 Å². The highest BCUT2D eigenvalue weighted by Crippen LogP contribution is 2.18. The largest absolute Gasteiger partial charge is 0.382 e. The summed E-state index contributed by atoms with van der Waals surface area (Å²) in [5, 5.41) is 16.0. The molecule has 2 rings (SSSR count). The zero-order chi connectivity index (χ0) is 11.0. The van der Waals surface area contributed by atoms with Crippen LogP contribution in [0.1, 0.15) is 5.69 Å². The molecule has 0 saturated heterocycles. The lowest BCUT2D eigenvalue weighted by Crippen LogP contribution is -2.08. The van der Waals surface area contributed by atoms with Crippen LogP contribution in [-0.2, 0) is 0 Å². The number of nitriles is 1. The Morgan fingerprint density at radius 2 is 1.93 bits per heavy atom. The van der Waals surface area contributed by atoms with Gasteiger partial charge in [-0.05, 0) is 0 Å². The van der Waals surface area contributed by atoms with Crippen molar-refractivity contribution >= 4 is 33.3 Å². The first-order chi connectivity index (χ1) is 7.11. The number of nitrogens with one attached hydrogen (secondary N) is 1. The van der Waals surface area contributed by atoms with E-state index < -0.39 is 0 Å². The normalized spacial score (nSPS) is 10.1. The Hall–Kier alpha value is -2.27. The summed E-state index contributed by atoms with van der Waals surface area (Å²) in [6, 6.07) is 1.81. The second-order valence-electron chi connectivity index (χ2n) is 2.63. The lowest BCUT2D eigenvalue weighted by molar-refractivity contribution is 1.16. The fourth-order valence-corrected chi connectivity index (χ4v) is 1.75. The van der Waals surface area contributed by atoms with Crippen LogP contribution < -0.4 is 16.3 Å². The first kappa shape index (κ1) is 9.29. The molecule has 7 nitrogen and oxygen atoms in total. The van der Waals surface area contributed by atoms with Crippen molar-refractivity contribution in [2.24, 2.45) is 0 Å². The van der Waals surface area contributed by atoms with Gasteiger partial charge in [-0.15, -0.1) is 0 Å². The average Bonchev–Trinajstić information content (AvgIpc) is 2.16. The summed E-state index contributed by atoms with van der Waals surface area (Å²) >= 11 is 1.00. The number of rotatable bonds is 0. The summed E-state index contributed by atoms with van der Waals surface area (Å²) in [5.74, 6) is 0.115. The van der Waals surface area contributed by atoms with E-state index in [1.54, 1.807) is 6.07 Å². The second kappa shape index (κ2) is 3.14. The molecule has 74 valence electrons. The van der Waals surface area contributed by atoms with Crippen LogP contribution in [0.5, 0.6) is 0 Å². The maximum Gasteiger partial charge on any atom is 0.205 e. The van der Waals surface area contributed by atoms with E-state index in [-0.39, 0.29) is 22.1 Å². The van der Waals surface area contributed by atoms with Crippen LogP contribution in [0, 0.1) is 16.7 Å². The van der Waals surface area contributed by atoms with Gasteiger partial charge in [-0.25, -0.2) is 15.0 Å². The van der Waals surface area contributed by atoms with E-state index >= 15 is 0 Å². The summed E-state index contributed by atoms with van der Waals surface area (Å²) in [6.45, 7) is 0. The molecule has 0 amide bonds. The van der Waals surface area contributed by atoms with Gasteiger partial charge in [-0.1, -0.05) is 11.3 Å². The summed E-state index contributed by atoms with van der Waals surface area (Å²) in [5.41, 5.74) is 11.4. The Labute approximate surface area is 87.5 Å². The fourth-order valence-electron chi connectivity index (χ4n) is 1.03. The first-order valence-corrected chi connectivity index (χ1v) is 4.62. The third-order valence-corrected chi connectivity index (χ3v) is 2.42. The van der Waals surface area contributed by atoms with E-state index in [0.29, 0.717) is 10.3 Å². The Bertz CT molecular complexity index is 638. The lowest BCUT2D eigenvalue weighted by atomic mass is 10.4. The molecule has 0 aliphatic carbocycles. The van der Waals surface area contributed by atoms with Gasteiger partial charge < -0.3 is 11.5 Å². The van der Waals surface area contributed by atoms with Crippen molar-refractivity contribution in [3.8, 4) is 6.07 Å². The number of fused-ring (bicyclic) bond motifs is 1. The molecular weight excluding hydrogens is 214 g/mol. The highest BCUT2D eigenvalue weighted by Gasteiger charge is 2.09. The third-order valence-electron chi connectivity index (χ3n) is 1.65. The Morgan fingerprint density at radius 1 is 1.20 bits per heavy atom. The van der Waals surface area contributed by atoms with Crippen molar-refractivity contribution in [2.45, 2.75) is 0 Å². The molecule has 0 fully saturated rings. The van der Waals surface area contributed by atoms with Crippen molar-refractivity contribution < 1.29 is 0 Å². The van der Waals surface area contributed by atoms with Crippen LogP contribution in [0.3, 0.4) is 0 Å². The monoisotopic (exact) mass is 219 g/mol. The minimum atomic E-state index is 0.0148. The first-order valence-electron chi connectivity index (χ1n) is 3.80. The van der Waals surface area contributed by atoms with Gasteiger partial charge in [0.2, 0.25) is 4.80 Å². The molecule has 2 heterocycles. The molecule has 8 heteroatoms. The highest BCUT2D eigenvalue weighted by atomic mass is 32.1. The van der Waals surface area contributed by atoms with Gasteiger partial charge in [0.1, 0.15) is 11.6 Å². The van der Waals surface area contributed by atoms with Crippen LogP contribution >= 0.6 is 11.3 Å². The van der Waals surface area contributed by atoms with Gasteiger partial charge in [-0.2, -0.15) is 5.26 Å². The molecular formula is C7H5N7S. The molecule has 0 radical (unpaired) electrons. The van der Waals surface area contributed by atoms with E-state index in [1.807, 2.05) is 0 Å². The van der Waals surface area contributed by atoms with Gasteiger partial charge in [0.25, 0.3) is 0 Å². The van der Waals surface area contributed by atoms with Crippen molar-refractivity contribution in [1.82, 2.24) is 15.0 Å². The smallest absolute Gasteiger partial charge is 0.205 e. The molecule has 0 atom stereocenters. The van der Waals surface area contributed by atoms with Gasteiger partial charge in [0, 0.05) is 0 Å². The minimum Gasteiger partial charge on any atom is -0.382 e. The number of hydrogen-bond acceptors (Lipinski definition) is 8. The molecule has 2 aromatic heterocycles. The van der Waals surface area contributed by atoms with Crippen molar-refractivity contribution in [2.75, 3.05) is 11.5 Å². The molecule has 0 bridgehead atoms. The van der Waals surface area contributed by atoms with Gasteiger partial charge >= 0.3 is 0 Å². The molecule has 0 aliphatic heterocycles. The predicted molar refractivity (Wildman–Crippen MR) is 54.6 cm³/mol. The Morgan fingerprint density at radius 3 is 2.60 bits per heavy atom. The quantitative estimate of drug-likeness (QED) is 0.551. The molecule has 0 spiro atoms. The maximum absolute atomic E-state index is 8.70. The number of nitrogen functional groups attached to an aromatic ring is 2. The Kier molecular flexibility index (Phi) is 1.95. The molecule has 0 aromatic carbocycles. The number of nitrogens with two attached hydrogens (primary N) is 2. The third kappa shape index (κ3) is 1.44. The summed E-state index contributed by atoms with van der Waals surface area (Å²) < 4.78 is 0. The minimum absolute atomic E-state index is 0.0148. The van der Waals surface area contributed by atoms with Crippen molar-refractivity contribution in [3.05, 3.63) is 10.5 Å². The predicted octanol–water partition coefficient (Wildman–Crippen LogP) is -0.398. The zero-order valence-electron chi connectivity index (χ0n) is 7.35. The standard InChI is InChI=1S/C7H5N7S/c8-1-2-4(9)13-6-3(12-2)5(10)14-7(11)15-6/h(H2,9,13)(H3,10,11,14). The molecule has 15 heavy (non-hydrogen) atoms. The summed E-state index contributed by atoms with van der Waals surface area (Å²) in [4.78, 5) is 12.0. The Balaban J connectivity index is 2.95. The van der Waals surface area contributed by atoms with E-state index in [4.69, 9.17) is 22.1 Å². The van der Waals surface area contributed by atoms with Crippen LogP contribution in [0.25, 0.3) is 10.3 Å². The summed E-state index contributed by atoms with van der Waals surface area (Å²) in [7, 11) is 0. The molecule has 2 aromatic rings. The van der Waals surface area contributed by atoms with Crippen molar-refractivity contribution in [1.29, 1.82) is 10.7 Å². The van der Waals surface area contributed by atoms with Gasteiger partial charge in [-0.3, -0.25) is 5.41 Å². The molecule has 0 unspecified atom stereocenters. The zero-order valence-corrected chi connectivity index (χ0v) is 8.17. The fraction of sp³-hybridized carbons (Fsp3) is 0. The van der Waals surface area contributed by atoms with Gasteiger partial charge in [0.15, 0.2) is 22.2 Å². The number of nitrogens with zero attached hydrogens (tertiary/aromatic N) is 4. The molecule has 0 saturated carbocycles. The number of anilines is 2. The van der Waals surface area contributed by atoms with E-state index in [9.17, 15) is 0 Å². The number of hydrogen-bond donors (Lipinski definition) is 3. The molecule has 5 N–H and O–H groups in total. The maximum atomic E-state index is 8.70. The van der Waals surface area contributed by atoms with E-state index in [2.05, 4.69) is 15.0 Å². The van der Waals surface area contributed by atoms with E-state index in [0.717, 1.165) is 11.3 Å². The number of aromatic nitrogens is 3. The average molecular weight is 219 g/mol. The van der Waals surface area contributed by atoms with Crippen LogP contribution in [0.2, 0.25) is 0 Å². The molecule has 0 aliphatic rings.